The Kier molecular flexibility index (Phi) is 8.46. The van der Waals surface area contributed by atoms with Crippen molar-refractivity contribution < 1.29 is 5.11 Å². The highest BCUT2D eigenvalue weighted by molar-refractivity contribution is 5.66. The molecule has 0 saturated carbocycles. The maximum atomic E-state index is 13.2. The van der Waals surface area contributed by atoms with Crippen LogP contribution < -0.4 is 0 Å². The second-order valence-electron chi connectivity index (χ2n) is 16.2. The van der Waals surface area contributed by atoms with E-state index in [-0.39, 0.29) is 0 Å². The normalized spacial score (nSPS) is 27.1. The van der Waals surface area contributed by atoms with Gasteiger partial charge in [0.05, 0.1) is 0 Å². The van der Waals surface area contributed by atoms with Gasteiger partial charge in [0, 0.05) is 29.6 Å². The molecule has 0 radical (unpaired) electrons. The lowest BCUT2D eigenvalue weighted by Gasteiger charge is -2.44. The SMILES string of the molecule is C=C1C=C2C3=CC(CCCC)c4cc5c(cc4C1CC)C(CC)c1cc4c(cc1C5)C(O)(CCCC)c1cc(c(cc1C4CC)C2CC)C3. The van der Waals surface area contributed by atoms with E-state index in [1.54, 1.807) is 11.1 Å². The van der Waals surface area contributed by atoms with E-state index in [2.05, 4.69) is 90.1 Å². The lowest BCUT2D eigenvalue weighted by molar-refractivity contribution is 0.0628. The minimum atomic E-state index is -0.965. The summed E-state index contributed by atoms with van der Waals surface area (Å²) in [6.07, 6.45) is 17.9. The predicted octanol–water partition coefficient (Wildman–Crippen LogP) is 12.7. The van der Waals surface area contributed by atoms with Crippen molar-refractivity contribution in [2.24, 2.45) is 0 Å². The summed E-state index contributed by atoms with van der Waals surface area (Å²) in [5.74, 6) is 1.71. The lowest BCUT2D eigenvalue weighted by Crippen LogP contribution is -2.36. The van der Waals surface area contributed by atoms with Gasteiger partial charge < -0.3 is 5.11 Å². The minimum absolute atomic E-state index is 0.294. The highest BCUT2D eigenvalue weighted by Gasteiger charge is 2.45. The zero-order chi connectivity index (χ0) is 34.2. The van der Waals surface area contributed by atoms with E-state index >= 15 is 0 Å². The van der Waals surface area contributed by atoms with Crippen molar-refractivity contribution >= 4 is 0 Å². The molecule has 7 bridgehead atoms. The molecule has 1 N–H and O–H groups in total. The van der Waals surface area contributed by atoms with Gasteiger partial charge in [0.2, 0.25) is 0 Å². The van der Waals surface area contributed by atoms with Gasteiger partial charge in [-0.25, -0.2) is 0 Å². The molecule has 0 amide bonds. The Morgan fingerprint density at radius 1 is 0.612 bits per heavy atom. The van der Waals surface area contributed by atoms with E-state index < -0.39 is 5.60 Å². The third-order valence-electron chi connectivity index (χ3n) is 13.6. The number of rotatable bonds is 10. The molecule has 5 aliphatic rings. The highest BCUT2D eigenvalue weighted by atomic mass is 16.3. The molecule has 1 heteroatoms. The summed E-state index contributed by atoms with van der Waals surface area (Å²) in [5, 5.41) is 13.2. The van der Waals surface area contributed by atoms with Crippen molar-refractivity contribution in [1.82, 2.24) is 0 Å². The number of allylic oxidation sites excluding steroid dienone is 5. The summed E-state index contributed by atoms with van der Waals surface area (Å²) >= 11 is 0. The van der Waals surface area contributed by atoms with Gasteiger partial charge in [0.15, 0.2) is 0 Å². The Morgan fingerprint density at radius 2 is 1.16 bits per heavy atom. The van der Waals surface area contributed by atoms with Gasteiger partial charge in [-0.15, -0.1) is 0 Å². The summed E-state index contributed by atoms with van der Waals surface area (Å²) in [6, 6.07) is 15.5. The summed E-state index contributed by atoms with van der Waals surface area (Å²) in [6.45, 7) is 19.0. The molecule has 1 nitrogen and oxygen atoms in total. The van der Waals surface area contributed by atoms with Crippen molar-refractivity contribution in [2.45, 2.75) is 154 Å². The first kappa shape index (κ1) is 33.0. The van der Waals surface area contributed by atoms with Crippen LogP contribution in [-0.2, 0) is 18.4 Å². The fraction of sp³-hybridized carbons (Fsp3) is 0.500. The molecule has 0 spiro atoms. The fourth-order valence-corrected chi connectivity index (χ4v) is 11.1. The predicted molar refractivity (Wildman–Crippen MR) is 206 cm³/mol. The molecule has 3 aromatic carbocycles. The second kappa shape index (κ2) is 12.6. The Morgan fingerprint density at radius 3 is 1.78 bits per heavy atom. The molecule has 0 heterocycles. The molecule has 0 fully saturated rings. The summed E-state index contributed by atoms with van der Waals surface area (Å²) in [5.41, 5.74) is 20.5. The Bertz CT molecular complexity index is 1900. The van der Waals surface area contributed by atoms with E-state index in [9.17, 15) is 5.11 Å². The first-order chi connectivity index (χ1) is 23.8. The number of fused-ring (bicyclic) bond motifs is 1. The minimum Gasteiger partial charge on any atom is -0.380 e. The van der Waals surface area contributed by atoms with Gasteiger partial charge in [-0.2, -0.15) is 0 Å². The molecule has 5 aliphatic carbocycles. The van der Waals surface area contributed by atoms with E-state index in [1.807, 2.05) is 0 Å². The first-order valence-electron chi connectivity index (χ1n) is 20.1. The molecule has 256 valence electrons. The second-order valence-corrected chi connectivity index (χ2v) is 16.2. The Labute approximate surface area is 296 Å². The number of aliphatic hydroxyl groups is 1. The zero-order valence-corrected chi connectivity index (χ0v) is 31.1. The summed E-state index contributed by atoms with van der Waals surface area (Å²) in [7, 11) is 0. The van der Waals surface area contributed by atoms with E-state index in [1.165, 1.54) is 91.6 Å². The van der Waals surface area contributed by atoms with Crippen LogP contribution in [0.5, 0.6) is 0 Å². The molecule has 6 unspecified atom stereocenters. The number of unbranched alkanes of at least 4 members (excludes halogenated alkanes) is 2. The van der Waals surface area contributed by atoms with Crippen molar-refractivity contribution in [1.29, 1.82) is 0 Å². The van der Waals surface area contributed by atoms with Crippen LogP contribution in [0.15, 0.2) is 71.8 Å². The molecule has 49 heavy (non-hydrogen) atoms. The van der Waals surface area contributed by atoms with Crippen molar-refractivity contribution in [3.05, 3.63) is 139 Å². The first-order valence-corrected chi connectivity index (χ1v) is 20.1. The molecular weight excluding hydrogens is 593 g/mol. The van der Waals surface area contributed by atoms with Crippen LogP contribution in [0.25, 0.3) is 0 Å². The van der Waals surface area contributed by atoms with Crippen molar-refractivity contribution in [2.75, 3.05) is 0 Å². The lowest BCUT2D eigenvalue weighted by atomic mass is 9.62. The van der Waals surface area contributed by atoms with Gasteiger partial charge in [-0.05, 0) is 135 Å². The van der Waals surface area contributed by atoms with Gasteiger partial charge in [0.25, 0.3) is 0 Å². The molecule has 0 aromatic heterocycles. The van der Waals surface area contributed by atoms with Crippen molar-refractivity contribution in [3.8, 4) is 0 Å². The van der Waals surface area contributed by atoms with E-state index in [4.69, 9.17) is 6.58 Å². The van der Waals surface area contributed by atoms with Crippen LogP contribution in [-0.4, -0.2) is 5.11 Å². The van der Waals surface area contributed by atoms with Gasteiger partial charge in [-0.3, -0.25) is 0 Å². The Hall–Kier alpha value is -3.16. The fourth-order valence-electron chi connectivity index (χ4n) is 11.1. The van der Waals surface area contributed by atoms with Crippen molar-refractivity contribution in [3.63, 3.8) is 0 Å². The van der Waals surface area contributed by atoms with Gasteiger partial charge in [-0.1, -0.05) is 122 Å². The van der Waals surface area contributed by atoms with Crippen LogP contribution in [0.2, 0.25) is 0 Å². The maximum absolute atomic E-state index is 13.2. The summed E-state index contributed by atoms with van der Waals surface area (Å²) in [4.78, 5) is 0. The zero-order valence-electron chi connectivity index (χ0n) is 31.1. The largest absolute Gasteiger partial charge is 0.380 e. The number of benzene rings is 3. The molecule has 8 rings (SSSR count). The van der Waals surface area contributed by atoms with Gasteiger partial charge >= 0.3 is 0 Å². The smallest absolute Gasteiger partial charge is 0.115 e. The standard InChI is InChI=1S/C48H58O/c1-8-14-16-29-19-30-20-32-23-46-44-26-41(32)35(11-4)38(30)18-28(7)34(10-3)43-25-40-31(22-39(29)43)21-33-24-47(48(46,49)17-15-9-2)45(37(44)13-6)27-42(33)36(40)12-5/h18-19,22-27,29,34-37,49H,7-17,20-21H2,1-6H3. The quantitative estimate of drug-likeness (QED) is 0.231. The third-order valence-corrected chi connectivity index (χ3v) is 13.6. The van der Waals surface area contributed by atoms with Crippen LogP contribution >= 0.6 is 0 Å². The molecule has 6 atom stereocenters. The van der Waals surface area contributed by atoms with Gasteiger partial charge in [0.1, 0.15) is 5.60 Å². The van der Waals surface area contributed by atoms with Crippen LogP contribution in [0.4, 0.5) is 0 Å². The monoisotopic (exact) mass is 650 g/mol. The topological polar surface area (TPSA) is 20.2 Å². The average Bonchev–Trinajstić information content (AvgIpc) is 3.15. The van der Waals surface area contributed by atoms with E-state index in [0.29, 0.717) is 29.6 Å². The molecular formula is C48H58O. The third kappa shape index (κ3) is 4.88. The molecule has 0 saturated heterocycles. The van der Waals surface area contributed by atoms with E-state index in [0.717, 1.165) is 57.8 Å². The molecule has 3 aromatic rings. The average molecular weight is 651 g/mol. The molecule has 0 aliphatic heterocycles. The highest BCUT2D eigenvalue weighted by Crippen LogP contribution is 2.56. The number of hydrogen-bond donors (Lipinski definition) is 1. The maximum Gasteiger partial charge on any atom is 0.115 e. The number of hydrogen-bond acceptors (Lipinski definition) is 1. The Balaban J connectivity index is 1.54. The van der Waals surface area contributed by atoms with Crippen LogP contribution in [0.1, 0.15) is 202 Å². The van der Waals surface area contributed by atoms with Crippen LogP contribution in [0, 0.1) is 0 Å². The summed E-state index contributed by atoms with van der Waals surface area (Å²) < 4.78 is 0. The van der Waals surface area contributed by atoms with Crippen LogP contribution in [0.3, 0.4) is 0 Å².